The standard InChI is InChI=1S/C29H38F2O3/c1-3-5-17-33-25-15-16-26(28(31)27(25)30)34-29(32)24-8-6-7-22-18-21(13-14-23(22)24)20-11-9-19(4-2)10-12-20/h3-5,15-16,19-24H,2,6-14,17-18H2,1H3/b5-3+. The molecule has 0 aliphatic heterocycles. The van der Waals surface area contributed by atoms with Crippen LogP contribution in [0.2, 0.25) is 0 Å². The molecule has 4 unspecified atom stereocenters. The van der Waals surface area contributed by atoms with Crippen LogP contribution >= 0.6 is 0 Å². The molecule has 3 fully saturated rings. The van der Waals surface area contributed by atoms with Gasteiger partial charge in [0, 0.05) is 0 Å². The summed E-state index contributed by atoms with van der Waals surface area (Å²) in [4.78, 5) is 13.1. The van der Waals surface area contributed by atoms with Gasteiger partial charge in [-0.2, -0.15) is 8.78 Å². The number of benzene rings is 1. The Morgan fingerprint density at radius 1 is 0.971 bits per heavy atom. The average Bonchev–Trinajstić information content (AvgIpc) is 2.87. The average molecular weight is 473 g/mol. The SMILES string of the molecule is C=CC1CCC(C2CCC3C(CCCC3C(=O)Oc3ccc(OC/C=C/C)c(F)c3F)C2)CC1. The monoisotopic (exact) mass is 472 g/mol. The molecule has 0 radical (unpaired) electrons. The van der Waals surface area contributed by atoms with Crippen LogP contribution < -0.4 is 9.47 Å². The van der Waals surface area contributed by atoms with Gasteiger partial charge in [-0.15, -0.1) is 6.58 Å². The van der Waals surface area contributed by atoms with Crippen LogP contribution in [0.15, 0.2) is 36.9 Å². The highest BCUT2D eigenvalue weighted by molar-refractivity contribution is 5.75. The van der Waals surface area contributed by atoms with E-state index in [9.17, 15) is 13.6 Å². The van der Waals surface area contributed by atoms with Gasteiger partial charge in [0.25, 0.3) is 0 Å². The van der Waals surface area contributed by atoms with Gasteiger partial charge in [0.1, 0.15) is 6.61 Å². The van der Waals surface area contributed by atoms with Gasteiger partial charge in [0.2, 0.25) is 11.6 Å². The Morgan fingerprint density at radius 2 is 1.68 bits per heavy atom. The van der Waals surface area contributed by atoms with Crippen molar-refractivity contribution in [3.8, 4) is 11.5 Å². The lowest BCUT2D eigenvalue weighted by atomic mass is 9.59. The van der Waals surface area contributed by atoms with Gasteiger partial charge in [0.05, 0.1) is 5.92 Å². The third kappa shape index (κ3) is 5.55. The van der Waals surface area contributed by atoms with Crippen molar-refractivity contribution in [3.05, 3.63) is 48.6 Å². The first-order valence-corrected chi connectivity index (χ1v) is 13.1. The lowest BCUT2D eigenvalue weighted by molar-refractivity contribution is -0.144. The molecule has 0 saturated heterocycles. The van der Waals surface area contributed by atoms with E-state index in [2.05, 4.69) is 12.7 Å². The van der Waals surface area contributed by atoms with Crippen molar-refractivity contribution in [2.45, 2.75) is 71.1 Å². The predicted octanol–water partition coefficient (Wildman–Crippen LogP) is 7.65. The predicted molar refractivity (Wildman–Crippen MR) is 130 cm³/mol. The van der Waals surface area contributed by atoms with Gasteiger partial charge in [-0.1, -0.05) is 31.1 Å². The normalized spacial score (nSPS) is 31.6. The number of allylic oxidation sites excluding steroid dienone is 2. The maximum atomic E-state index is 14.6. The molecule has 0 spiro atoms. The summed E-state index contributed by atoms with van der Waals surface area (Å²) in [7, 11) is 0. The van der Waals surface area contributed by atoms with Crippen molar-refractivity contribution in [1.82, 2.24) is 0 Å². The molecule has 1 aromatic carbocycles. The Hall–Kier alpha value is -2.17. The molecule has 0 aromatic heterocycles. The molecular weight excluding hydrogens is 434 g/mol. The first-order valence-electron chi connectivity index (χ1n) is 13.1. The number of esters is 1. The number of halogens is 2. The number of carbonyl (C=O) groups excluding carboxylic acids is 1. The van der Waals surface area contributed by atoms with Crippen LogP contribution in [0.4, 0.5) is 8.78 Å². The van der Waals surface area contributed by atoms with Crippen LogP contribution in [0.3, 0.4) is 0 Å². The van der Waals surface area contributed by atoms with Crippen LogP contribution in [-0.2, 0) is 4.79 Å². The molecule has 34 heavy (non-hydrogen) atoms. The minimum absolute atomic E-state index is 0.147. The number of hydrogen-bond acceptors (Lipinski definition) is 3. The van der Waals surface area contributed by atoms with E-state index in [1.165, 1.54) is 44.2 Å². The zero-order chi connectivity index (χ0) is 24.1. The number of fused-ring (bicyclic) bond motifs is 1. The van der Waals surface area contributed by atoms with E-state index in [1.807, 2.05) is 6.92 Å². The molecule has 0 N–H and O–H groups in total. The van der Waals surface area contributed by atoms with Crippen molar-refractivity contribution in [1.29, 1.82) is 0 Å². The van der Waals surface area contributed by atoms with Crippen molar-refractivity contribution in [3.63, 3.8) is 0 Å². The molecule has 1 aromatic rings. The van der Waals surface area contributed by atoms with Gasteiger partial charge < -0.3 is 9.47 Å². The highest BCUT2D eigenvalue weighted by Gasteiger charge is 2.43. The molecule has 0 bridgehead atoms. The smallest absolute Gasteiger partial charge is 0.314 e. The summed E-state index contributed by atoms with van der Waals surface area (Å²) in [6.07, 6.45) is 17.0. The number of ether oxygens (including phenoxy) is 2. The number of carbonyl (C=O) groups is 1. The molecule has 186 valence electrons. The van der Waals surface area contributed by atoms with Crippen molar-refractivity contribution in [2.24, 2.45) is 35.5 Å². The third-order valence-corrected chi connectivity index (χ3v) is 8.60. The van der Waals surface area contributed by atoms with E-state index in [0.29, 0.717) is 17.8 Å². The summed E-state index contributed by atoms with van der Waals surface area (Å²) in [5, 5.41) is 0. The number of hydrogen-bond donors (Lipinski definition) is 0. The van der Waals surface area contributed by atoms with Gasteiger partial charge in [-0.3, -0.25) is 4.79 Å². The Bertz CT molecular complexity index is 888. The molecule has 0 amide bonds. The molecule has 5 heteroatoms. The summed E-state index contributed by atoms with van der Waals surface area (Å²) in [6, 6.07) is 2.61. The Morgan fingerprint density at radius 3 is 2.41 bits per heavy atom. The number of rotatable bonds is 7. The lowest BCUT2D eigenvalue weighted by Crippen LogP contribution is -2.40. The maximum Gasteiger partial charge on any atom is 0.314 e. The van der Waals surface area contributed by atoms with Crippen molar-refractivity contribution >= 4 is 5.97 Å². The molecular formula is C29H38F2O3. The lowest BCUT2D eigenvalue weighted by Gasteiger charge is -2.45. The van der Waals surface area contributed by atoms with Crippen LogP contribution in [-0.4, -0.2) is 12.6 Å². The molecule has 0 heterocycles. The quantitative estimate of drug-likeness (QED) is 0.232. The first kappa shape index (κ1) is 24.9. The minimum atomic E-state index is -1.17. The molecule has 4 rings (SSSR count). The zero-order valence-corrected chi connectivity index (χ0v) is 20.3. The molecule has 4 atom stereocenters. The van der Waals surface area contributed by atoms with E-state index in [0.717, 1.165) is 43.9 Å². The Kier molecular flexibility index (Phi) is 8.44. The molecule has 3 aliphatic rings. The second-order valence-corrected chi connectivity index (χ2v) is 10.4. The van der Waals surface area contributed by atoms with E-state index < -0.39 is 17.6 Å². The summed E-state index contributed by atoms with van der Waals surface area (Å²) in [6.45, 7) is 5.93. The molecule has 3 saturated carbocycles. The summed E-state index contributed by atoms with van der Waals surface area (Å²) in [5.74, 6) is -0.418. The Labute approximate surface area is 202 Å². The van der Waals surface area contributed by atoms with E-state index in [4.69, 9.17) is 9.47 Å². The van der Waals surface area contributed by atoms with Gasteiger partial charge >= 0.3 is 5.97 Å². The summed E-state index contributed by atoms with van der Waals surface area (Å²) >= 11 is 0. The summed E-state index contributed by atoms with van der Waals surface area (Å²) in [5.41, 5.74) is 0. The van der Waals surface area contributed by atoms with Crippen LogP contribution in [0.25, 0.3) is 0 Å². The largest absolute Gasteiger partial charge is 0.486 e. The second-order valence-electron chi connectivity index (χ2n) is 10.4. The fourth-order valence-electron chi connectivity index (χ4n) is 6.69. The van der Waals surface area contributed by atoms with E-state index >= 15 is 0 Å². The van der Waals surface area contributed by atoms with E-state index in [1.54, 1.807) is 12.2 Å². The maximum absolute atomic E-state index is 14.6. The topological polar surface area (TPSA) is 35.5 Å². The fourth-order valence-corrected chi connectivity index (χ4v) is 6.69. The first-order chi connectivity index (χ1) is 16.5. The molecule has 3 nitrogen and oxygen atoms in total. The fraction of sp³-hybridized carbons (Fsp3) is 0.621. The highest BCUT2D eigenvalue weighted by Crippen LogP contribution is 2.50. The summed E-state index contributed by atoms with van der Waals surface area (Å²) < 4.78 is 39.6. The van der Waals surface area contributed by atoms with Gasteiger partial charge in [0.15, 0.2) is 11.5 Å². The van der Waals surface area contributed by atoms with Crippen LogP contribution in [0.1, 0.15) is 71.1 Å². The van der Waals surface area contributed by atoms with Gasteiger partial charge in [-0.25, -0.2) is 0 Å². The van der Waals surface area contributed by atoms with Crippen LogP contribution in [0.5, 0.6) is 11.5 Å². The highest BCUT2D eigenvalue weighted by atomic mass is 19.2. The second kappa shape index (κ2) is 11.5. The van der Waals surface area contributed by atoms with Crippen molar-refractivity contribution < 1.29 is 23.0 Å². The van der Waals surface area contributed by atoms with Crippen molar-refractivity contribution in [2.75, 3.05) is 6.61 Å². The Balaban J connectivity index is 1.36. The zero-order valence-electron chi connectivity index (χ0n) is 20.3. The third-order valence-electron chi connectivity index (χ3n) is 8.60. The van der Waals surface area contributed by atoms with E-state index in [-0.39, 0.29) is 24.0 Å². The minimum Gasteiger partial charge on any atom is -0.486 e. The van der Waals surface area contributed by atoms with Gasteiger partial charge in [-0.05, 0) is 100 Å². The van der Waals surface area contributed by atoms with Crippen LogP contribution in [0, 0.1) is 47.1 Å². The molecule has 3 aliphatic carbocycles.